The molecule has 0 bridgehead atoms. The van der Waals surface area contributed by atoms with Crippen LogP contribution in [0.1, 0.15) is 49.7 Å². The molecule has 1 aliphatic carbocycles. The molecule has 1 atom stereocenters. The highest BCUT2D eigenvalue weighted by Gasteiger charge is 2.43. The van der Waals surface area contributed by atoms with Crippen molar-refractivity contribution in [2.75, 3.05) is 20.2 Å². The third kappa shape index (κ3) is 5.30. The lowest BCUT2D eigenvalue weighted by molar-refractivity contribution is -0.144. The molecule has 33 heavy (non-hydrogen) atoms. The van der Waals surface area contributed by atoms with Gasteiger partial charge in [0.25, 0.3) is 0 Å². The number of hydrogen-bond acceptors (Lipinski definition) is 3. The van der Waals surface area contributed by atoms with E-state index >= 15 is 0 Å². The number of hydrogen-bond donors (Lipinski definition) is 1. The molecule has 4 rings (SSSR count). The number of methoxy groups -OCH3 is 1. The molecule has 2 aromatic rings. The average Bonchev–Trinajstić information content (AvgIpc) is 2.84. The summed E-state index contributed by atoms with van der Waals surface area (Å²) >= 11 is 0. The van der Waals surface area contributed by atoms with E-state index in [1.807, 2.05) is 11.0 Å². The van der Waals surface area contributed by atoms with Gasteiger partial charge in [0.05, 0.1) is 11.5 Å². The molecule has 0 aromatic heterocycles. The molecule has 5 nitrogen and oxygen atoms in total. The highest BCUT2D eigenvalue weighted by Crippen LogP contribution is 2.36. The summed E-state index contributed by atoms with van der Waals surface area (Å²) in [7, 11) is 1.74. The topological polar surface area (TPSA) is 72.6 Å². The zero-order chi connectivity index (χ0) is 23.4. The van der Waals surface area contributed by atoms with Gasteiger partial charge in [-0.1, -0.05) is 54.1 Å². The molecule has 176 valence electrons. The van der Waals surface area contributed by atoms with Crippen LogP contribution in [0.2, 0.25) is 0 Å². The normalized spacial score (nSPS) is 25.6. The number of nitrogens with two attached hydrogens (primary N) is 1. The standard InChI is InChI=1S/C28H36N2O3/c1-20-6-3-8-23(16-20)24-9-4-7-21(17-24)18-28(27(29)32)14-5-15-30(19-28)26(31)22-10-12-25(33-2)13-11-22/h3-4,6-9,16-17,22,25H,5,10-15,18-19H2,1-2H3,(H2,29,32)/t22?,25?,28-/m0/s1. The number of carbonyl (C=O) groups excluding carboxylic acids is 2. The molecule has 0 spiro atoms. The first-order valence-electron chi connectivity index (χ1n) is 12.2. The molecule has 2 aliphatic rings. The fourth-order valence-electron chi connectivity index (χ4n) is 5.63. The Balaban J connectivity index is 1.51. The van der Waals surface area contributed by atoms with Crippen LogP contribution in [-0.2, 0) is 20.7 Å². The Morgan fingerprint density at radius 1 is 1.06 bits per heavy atom. The molecule has 1 heterocycles. The van der Waals surface area contributed by atoms with Crippen molar-refractivity contribution in [2.24, 2.45) is 17.1 Å². The molecule has 1 aliphatic heterocycles. The van der Waals surface area contributed by atoms with Gasteiger partial charge in [-0.25, -0.2) is 0 Å². The van der Waals surface area contributed by atoms with Crippen molar-refractivity contribution >= 4 is 11.8 Å². The Bertz CT molecular complexity index is 996. The fraction of sp³-hybridized carbons (Fsp3) is 0.500. The number of nitrogens with zero attached hydrogens (tertiary/aromatic N) is 1. The third-order valence-electron chi connectivity index (χ3n) is 7.59. The number of ether oxygens (including phenoxy) is 1. The van der Waals surface area contributed by atoms with Crippen LogP contribution in [-0.4, -0.2) is 43.0 Å². The number of amides is 2. The summed E-state index contributed by atoms with van der Waals surface area (Å²) in [5.41, 5.74) is 9.88. The molecule has 0 unspecified atom stereocenters. The van der Waals surface area contributed by atoms with Crippen LogP contribution in [0, 0.1) is 18.3 Å². The second-order valence-corrected chi connectivity index (χ2v) is 9.96. The largest absolute Gasteiger partial charge is 0.381 e. The molecule has 2 aromatic carbocycles. The maximum atomic E-state index is 13.3. The Hall–Kier alpha value is -2.66. The first-order valence-corrected chi connectivity index (χ1v) is 12.2. The van der Waals surface area contributed by atoms with Crippen molar-refractivity contribution in [2.45, 2.75) is 58.0 Å². The van der Waals surface area contributed by atoms with Crippen LogP contribution in [0.4, 0.5) is 0 Å². The van der Waals surface area contributed by atoms with Crippen LogP contribution >= 0.6 is 0 Å². The van der Waals surface area contributed by atoms with Gasteiger partial charge in [0.15, 0.2) is 0 Å². The van der Waals surface area contributed by atoms with Gasteiger partial charge in [0.2, 0.25) is 11.8 Å². The molecule has 0 radical (unpaired) electrons. The van der Waals surface area contributed by atoms with Crippen LogP contribution in [0.15, 0.2) is 48.5 Å². The van der Waals surface area contributed by atoms with Gasteiger partial charge < -0.3 is 15.4 Å². The molecule has 1 saturated carbocycles. The minimum atomic E-state index is -0.719. The summed E-state index contributed by atoms with van der Waals surface area (Å²) in [5, 5.41) is 0. The Kier molecular flexibility index (Phi) is 7.18. The Morgan fingerprint density at radius 3 is 2.42 bits per heavy atom. The molecule has 2 N–H and O–H groups in total. The summed E-state index contributed by atoms with van der Waals surface area (Å²) in [6.07, 6.45) is 5.91. The summed E-state index contributed by atoms with van der Waals surface area (Å²) in [6.45, 7) is 3.21. The highest BCUT2D eigenvalue weighted by atomic mass is 16.5. The predicted octanol–water partition coefficient (Wildman–Crippen LogP) is 4.50. The molecule has 1 saturated heterocycles. The van der Waals surface area contributed by atoms with Gasteiger partial charge in [-0.3, -0.25) is 9.59 Å². The van der Waals surface area contributed by atoms with Crippen LogP contribution in [0.5, 0.6) is 0 Å². The highest BCUT2D eigenvalue weighted by molar-refractivity contribution is 5.84. The van der Waals surface area contributed by atoms with E-state index in [1.165, 1.54) is 5.56 Å². The quantitative estimate of drug-likeness (QED) is 0.707. The number of carbonyl (C=O) groups is 2. The van der Waals surface area contributed by atoms with Gasteiger partial charge in [-0.2, -0.15) is 0 Å². The van der Waals surface area contributed by atoms with Crippen molar-refractivity contribution < 1.29 is 14.3 Å². The predicted molar refractivity (Wildman–Crippen MR) is 131 cm³/mol. The van der Waals surface area contributed by atoms with E-state index in [9.17, 15) is 9.59 Å². The first-order chi connectivity index (χ1) is 15.9. The van der Waals surface area contributed by atoms with Gasteiger partial charge in [0.1, 0.15) is 0 Å². The van der Waals surface area contributed by atoms with E-state index in [4.69, 9.17) is 10.5 Å². The van der Waals surface area contributed by atoms with E-state index < -0.39 is 5.41 Å². The van der Waals surface area contributed by atoms with Gasteiger partial charge in [-0.15, -0.1) is 0 Å². The van der Waals surface area contributed by atoms with Gasteiger partial charge in [-0.05, 0) is 68.6 Å². The maximum absolute atomic E-state index is 13.3. The summed E-state index contributed by atoms with van der Waals surface area (Å²) in [5.74, 6) is -0.0860. The molecule has 2 fully saturated rings. The van der Waals surface area contributed by atoms with Crippen molar-refractivity contribution in [1.29, 1.82) is 0 Å². The minimum absolute atomic E-state index is 0.0322. The molecular weight excluding hydrogens is 412 g/mol. The zero-order valence-corrected chi connectivity index (χ0v) is 19.9. The third-order valence-corrected chi connectivity index (χ3v) is 7.59. The lowest BCUT2D eigenvalue weighted by Gasteiger charge is -2.42. The SMILES string of the molecule is COC1CCC(C(=O)N2CCC[C@@](Cc3cccc(-c4cccc(C)c4)c3)(C(N)=O)C2)CC1. The monoisotopic (exact) mass is 448 g/mol. The summed E-state index contributed by atoms with van der Waals surface area (Å²) in [6, 6.07) is 16.8. The zero-order valence-electron chi connectivity index (χ0n) is 19.9. The second-order valence-electron chi connectivity index (χ2n) is 9.96. The smallest absolute Gasteiger partial charge is 0.225 e. The number of aryl methyl sites for hydroxylation is 1. The molecular formula is C28H36N2O3. The molecule has 2 amide bonds. The van der Waals surface area contributed by atoms with E-state index in [0.29, 0.717) is 19.5 Å². The van der Waals surface area contributed by atoms with Crippen LogP contribution in [0.3, 0.4) is 0 Å². The van der Waals surface area contributed by atoms with E-state index in [-0.39, 0.29) is 23.8 Å². The lowest BCUT2D eigenvalue weighted by atomic mass is 9.73. The van der Waals surface area contributed by atoms with Crippen molar-refractivity contribution in [3.05, 3.63) is 59.7 Å². The van der Waals surface area contributed by atoms with Crippen LogP contribution in [0.25, 0.3) is 11.1 Å². The van der Waals surface area contributed by atoms with Crippen LogP contribution < -0.4 is 5.73 Å². The number of benzene rings is 2. The fourth-order valence-corrected chi connectivity index (χ4v) is 5.63. The van der Waals surface area contributed by atoms with Gasteiger partial charge >= 0.3 is 0 Å². The summed E-state index contributed by atoms with van der Waals surface area (Å²) in [4.78, 5) is 28.0. The van der Waals surface area contributed by atoms with E-state index in [2.05, 4.69) is 49.4 Å². The van der Waals surface area contributed by atoms with E-state index in [1.54, 1.807) is 7.11 Å². The average molecular weight is 449 g/mol. The van der Waals surface area contributed by atoms with Crippen molar-refractivity contribution in [1.82, 2.24) is 4.90 Å². The number of piperidine rings is 1. The minimum Gasteiger partial charge on any atom is -0.381 e. The van der Waals surface area contributed by atoms with Gasteiger partial charge in [0, 0.05) is 26.1 Å². The van der Waals surface area contributed by atoms with Crippen molar-refractivity contribution in [3.8, 4) is 11.1 Å². The first kappa shape index (κ1) is 23.5. The summed E-state index contributed by atoms with van der Waals surface area (Å²) < 4.78 is 5.46. The van der Waals surface area contributed by atoms with E-state index in [0.717, 1.165) is 55.2 Å². The Labute approximate surface area is 197 Å². The number of likely N-dealkylation sites (tertiary alicyclic amines) is 1. The molecule has 5 heteroatoms. The lowest BCUT2D eigenvalue weighted by Crippen LogP contribution is -2.54. The second kappa shape index (κ2) is 10.1. The maximum Gasteiger partial charge on any atom is 0.225 e. The Morgan fingerprint density at radius 2 is 1.76 bits per heavy atom. The number of rotatable bonds is 6. The van der Waals surface area contributed by atoms with Crippen molar-refractivity contribution in [3.63, 3.8) is 0 Å². The number of primary amides is 1.